The van der Waals surface area contributed by atoms with Crippen molar-refractivity contribution in [1.82, 2.24) is 15.1 Å². The molecule has 0 radical (unpaired) electrons. The zero-order chi connectivity index (χ0) is 14.9. The van der Waals surface area contributed by atoms with Crippen molar-refractivity contribution in [1.29, 1.82) is 5.26 Å². The van der Waals surface area contributed by atoms with Gasteiger partial charge in [0.2, 0.25) is 0 Å². The Morgan fingerprint density at radius 2 is 2.38 bits per heavy atom. The molecule has 5 nitrogen and oxygen atoms in total. The highest BCUT2D eigenvalue weighted by Crippen LogP contribution is 2.41. The first-order valence-corrected chi connectivity index (χ1v) is 7.24. The van der Waals surface area contributed by atoms with Crippen LogP contribution in [0.4, 0.5) is 0 Å². The molecule has 108 valence electrons. The third-order valence-electron chi connectivity index (χ3n) is 4.55. The molecule has 1 saturated carbocycles. The minimum absolute atomic E-state index is 0.0800. The maximum Gasteiger partial charge on any atom is 0.132 e. The first kappa shape index (κ1) is 13.6. The lowest BCUT2D eigenvalue weighted by Crippen LogP contribution is -2.40. The molecule has 1 N–H and O–H groups in total. The van der Waals surface area contributed by atoms with Crippen LogP contribution in [0.15, 0.2) is 35.2 Å². The molecular formula is C16H19N5. The van der Waals surface area contributed by atoms with Crippen molar-refractivity contribution in [2.75, 3.05) is 7.05 Å². The number of amidine groups is 1. The summed E-state index contributed by atoms with van der Waals surface area (Å²) in [5, 5.41) is 16.7. The van der Waals surface area contributed by atoms with E-state index in [9.17, 15) is 0 Å². The Hall–Kier alpha value is -2.35. The third kappa shape index (κ3) is 2.17. The normalized spacial score (nSPS) is 23.6. The molecule has 0 unspecified atom stereocenters. The van der Waals surface area contributed by atoms with Gasteiger partial charge in [-0.2, -0.15) is 10.4 Å². The zero-order valence-electron chi connectivity index (χ0n) is 12.4. The molecule has 0 aromatic carbocycles. The molecule has 0 bridgehead atoms. The van der Waals surface area contributed by atoms with Crippen LogP contribution in [0.2, 0.25) is 0 Å². The summed E-state index contributed by atoms with van der Waals surface area (Å²) in [5.74, 6) is 0.885. The predicted octanol–water partition coefficient (Wildman–Crippen LogP) is 2.59. The summed E-state index contributed by atoms with van der Waals surface area (Å²) in [5.41, 5.74) is 3.25. The van der Waals surface area contributed by atoms with Crippen molar-refractivity contribution in [3.8, 4) is 6.07 Å². The molecule has 0 amide bonds. The second-order valence-electron chi connectivity index (χ2n) is 5.67. The smallest absolute Gasteiger partial charge is 0.132 e. The summed E-state index contributed by atoms with van der Waals surface area (Å²) in [6, 6.07) is 2.31. The van der Waals surface area contributed by atoms with E-state index < -0.39 is 0 Å². The number of allylic oxidation sites excluding steroid dienone is 1. The topological polar surface area (TPSA) is 66.0 Å². The Kier molecular flexibility index (Phi) is 3.38. The molecule has 0 saturated heterocycles. The van der Waals surface area contributed by atoms with Crippen LogP contribution in [0, 0.1) is 11.3 Å². The Balaban J connectivity index is 1.94. The molecule has 1 aromatic heterocycles. The van der Waals surface area contributed by atoms with E-state index in [0.29, 0.717) is 6.42 Å². The van der Waals surface area contributed by atoms with Crippen LogP contribution in [0.3, 0.4) is 0 Å². The molecule has 3 rings (SSSR count). The lowest BCUT2D eigenvalue weighted by atomic mass is 9.75. The first-order chi connectivity index (χ1) is 10.2. The maximum atomic E-state index is 9.05. The minimum Gasteiger partial charge on any atom is -0.346 e. The first-order valence-electron chi connectivity index (χ1n) is 7.24. The second-order valence-corrected chi connectivity index (χ2v) is 5.67. The Bertz CT molecular complexity index is 680. The lowest BCUT2D eigenvalue weighted by molar-refractivity contribution is 0.130. The van der Waals surface area contributed by atoms with Gasteiger partial charge < -0.3 is 5.32 Å². The van der Waals surface area contributed by atoms with E-state index in [1.165, 1.54) is 6.42 Å². The Morgan fingerprint density at radius 3 is 3.00 bits per heavy atom. The number of aliphatic imine (C=N–C) groups is 1. The van der Waals surface area contributed by atoms with E-state index in [1.807, 2.05) is 23.2 Å². The molecule has 2 heterocycles. The van der Waals surface area contributed by atoms with Gasteiger partial charge >= 0.3 is 0 Å². The van der Waals surface area contributed by atoms with Gasteiger partial charge in [-0.15, -0.1) is 0 Å². The van der Waals surface area contributed by atoms with Crippen LogP contribution in [-0.2, 0) is 5.54 Å². The number of hydrogen-bond donors (Lipinski definition) is 1. The molecule has 1 aliphatic carbocycles. The number of hydrogen-bond acceptors (Lipinski definition) is 3. The monoisotopic (exact) mass is 281 g/mol. The van der Waals surface area contributed by atoms with E-state index in [-0.39, 0.29) is 5.54 Å². The number of rotatable bonds is 3. The quantitative estimate of drug-likeness (QED) is 0.926. The highest BCUT2D eigenvalue weighted by atomic mass is 15.3. The number of nitriles is 1. The zero-order valence-corrected chi connectivity index (χ0v) is 12.4. The average Bonchev–Trinajstić information content (AvgIpc) is 3.10. The molecule has 21 heavy (non-hydrogen) atoms. The van der Waals surface area contributed by atoms with Gasteiger partial charge in [-0.25, -0.2) is 0 Å². The SMILES string of the molecule is CN=C1NC=C/C1=C(/C)c1cnn(C2(CC#N)CCC2)c1. The van der Waals surface area contributed by atoms with Crippen molar-refractivity contribution in [3.63, 3.8) is 0 Å². The van der Waals surface area contributed by atoms with Crippen LogP contribution in [0.5, 0.6) is 0 Å². The van der Waals surface area contributed by atoms with Gasteiger partial charge in [0.25, 0.3) is 0 Å². The van der Waals surface area contributed by atoms with Gasteiger partial charge in [0, 0.05) is 30.6 Å². The van der Waals surface area contributed by atoms with E-state index in [2.05, 4.69) is 34.6 Å². The molecule has 0 spiro atoms. The van der Waals surface area contributed by atoms with Crippen molar-refractivity contribution in [2.45, 2.75) is 38.1 Å². The molecule has 2 aliphatic rings. The summed E-state index contributed by atoms with van der Waals surface area (Å²) < 4.78 is 1.99. The Morgan fingerprint density at radius 1 is 1.57 bits per heavy atom. The van der Waals surface area contributed by atoms with Crippen molar-refractivity contribution >= 4 is 11.4 Å². The fraction of sp³-hybridized carbons (Fsp3) is 0.438. The fourth-order valence-corrected chi connectivity index (χ4v) is 3.00. The van der Waals surface area contributed by atoms with E-state index >= 15 is 0 Å². The van der Waals surface area contributed by atoms with Gasteiger partial charge in [0.1, 0.15) is 5.84 Å². The van der Waals surface area contributed by atoms with E-state index in [0.717, 1.165) is 35.4 Å². The fourth-order valence-electron chi connectivity index (χ4n) is 3.00. The maximum absolute atomic E-state index is 9.05. The van der Waals surface area contributed by atoms with E-state index in [1.54, 1.807) is 7.05 Å². The standard InChI is InChI=1S/C16H19N5/c1-12(14-4-9-19-15(14)18-2)13-10-20-21(11-13)16(7-8-17)5-3-6-16/h4,9-11H,3,5-7H2,1-2H3,(H,18,19)/b14-12+. The van der Waals surface area contributed by atoms with E-state index in [4.69, 9.17) is 5.26 Å². The van der Waals surface area contributed by atoms with Gasteiger partial charge in [-0.3, -0.25) is 9.67 Å². The van der Waals surface area contributed by atoms with Gasteiger partial charge in [0.15, 0.2) is 0 Å². The summed E-state index contributed by atoms with van der Waals surface area (Å²) in [6.07, 6.45) is 11.7. The lowest BCUT2D eigenvalue weighted by Gasteiger charge is -2.40. The molecule has 1 aromatic rings. The predicted molar refractivity (Wildman–Crippen MR) is 82.5 cm³/mol. The van der Waals surface area contributed by atoms with Crippen molar-refractivity contribution in [2.24, 2.45) is 4.99 Å². The molecule has 5 heteroatoms. The van der Waals surface area contributed by atoms with Crippen LogP contribution in [0.1, 0.15) is 38.2 Å². The highest BCUT2D eigenvalue weighted by Gasteiger charge is 2.39. The average molecular weight is 281 g/mol. The summed E-state index contributed by atoms with van der Waals surface area (Å²) in [7, 11) is 1.78. The van der Waals surface area contributed by atoms with Gasteiger partial charge in [-0.1, -0.05) is 0 Å². The molecule has 0 atom stereocenters. The van der Waals surface area contributed by atoms with Crippen molar-refractivity contribution in [3.05, 3.63) is 35.8 Å². The second kappa shape index (κ2) is 5.21. The summed E-state index contributed by atoms with van der Waals surface area (Å²) >= 11 is 0. The van der Waals surface area contributed by atoms with Crippen LogP contribution in [-0.4, -0.2) is 22.7 Å². The minimum atomic E-state index is -0.0800. The van der Waals surface area contributed by atoms with Crippen LogP contribution < -0.4 is 5.32 Å². The molecular weight excluding hydrogens is 262 g/mol. The number of nitrogens with one attached hydrogen (secondary N) is 1. The summed E-state index contributed by atoms with van der Waals surface area (Å²) in [4.78, 5) is 4.24. The number of nitrogens with zero attached hydrogens (tertiary/aromatic N) is 4. The third-order valence-corrected chi connectivity index (χ3v) is 4.55. The number of aromatic nitrogens is 2. The summed E-state index contributed by atoms with van der Waals surface area (Å²) in [6.45, 7) is 2.08. The van der Waals surface area contributed by atoms with Crippen LogP contribution >= 0.6 is 0 Å². The highest BCUT2D eigenvalue weighted by molar-refractivity contribution is 6.09. The molecule has 1 aliphatic heterocycles. The van der Waals surface area contributed by atoms with Crippen molar-refractivity contribution < 1.29 is 0 Å². The Labute approximate surface area is 124 Å². The molecule has 1 fully saturated rings. The largest absolute Gasteiger partial charge is 0.346 e. The van der Waals surface area contributed by atoms with Gasteiger partial charge in [0.05, 0.1) is 24.2 Å². The van der Waals surface area contributed by atoms with Gasteiger partial charge in [-0.05, 0) is 37.8 Å². The van der Waals surface area contributed by atoms with Crippen LogP contribution in [0.25, 0.3) is 5.57 Å².